The van der Waals surface area contributed by atoms with Gasteiger partial charge in [-0.25, -0.2) is 4.98 Å². The van der Waals surface area contributed by atoms with Crippen LogP contribution in [0.4, 0.5) is 5.69 Å². The Kier molecular flexibility index (Phi) is 7.56. The molecule has 4 heteroatoms. The summed E-state index contributed by atoms with van der Waals surface area (Å²) in [5, 5.41) is 0. The fourth-order valence-corrected chi connectivity index (χ4v) is 3.60. The Labute approximate surface area is 175 Å². The number of ether oxygens (including phenoxy) is 1. The van der Waals surface area contributed by atoms with Crippen LogP contribution >= 0.6 is 0 Å². The number of anilines is 1. The number of benzene rings is 1. The summed E-state index contributed by atoms with van der Waals surface area (Å²) >= 11 is 0. The van der Waals surface area contributed by atoms with E-state index in [1.165, 1.54) is 37.1 Å². The second-order valence-corrected chi connectivity index (χ2v) is 7.74. The van der Waals surface area contributed by atoms with Crippen molar-refractivity contribution < 1.29 is 4.74 Å². The van der Waals surface area contributed by atoms with E-state index in [1.807, 2.05) is 0 Å². The molecule has 0 unspecified atom stereocenters. The number of aryl methyl sites for hydroxylation is 1. The lowest BCUT2D eigenvalue weighted by Crippen LogP contribution is -2.25. The highest BCUT2D eigenvalue weighted by Crippen LogP contribution is 2.34. The zero-order valence-electron chi connectivity index (χ0n) is 18.4. The maximum atomic E-state index is 6.19. The van der Waals surface area contributed by atoms with E-state index in [0.29, 0.717) is 6.61 Å². The van der Waals surface area contributed by atoms with Crippen molar-refractivity contribution in [3.8, 4) is 17.0 Å². The number of unbranched alkanes of at least 4 members (excludes halogenated alkanes) is 2. The van der Waals surface area contributed by atoms with Crippen LogP contribution in [0, 0.1) is 6.92 Å². The average molecular weight is 394 g/mol. The van der Waals surface area contributed by atoms with Crippen molar-refractivity contribution in [2.45, 2.75) is 59.8 Å². The van der Waals surface area contributed by atoms with Gasteiger partial charge in [-0.2, -0.15) is 0 Å². The normalized spacial score (nSPS) is 11.2. The summed E-state index contributed by atoms with van der Waals surface area (Å²) in [6.45, 7) is 11.7. The van der Waals surface area contributed by atoms with Crippen molar-refractivity contribution in [1.82, 2.24) is 9.38 Å². The van der Waals surface area contributed by atoms with Gasteiger partial charge in [0.05, 0.1) is 12.3 Å². The van der Waals surface area contributed by atoms with Crippen molar-refractivity contribution in [2.75, 3.05) is 24.6 Å². The summed E-state index contributed by atoms with van der Waals surface area (Å²) in [4.78, 5) is 7.36. The molecular formula is C25H35N3O. The van der Waals surface area contributed by atoms with Crippen molar-refractivity contribution >= 4 is 11.3 Å². The largest absolute Gasteiger partial charge is 0.493 e. The Hall–Kier alpha value is -2.49. The van der Waals surface area contributed by atoms with E-state index in [2.05, 4.69) is 79.6 Å². The van der Waals surface area contributed by atoms with Gasteiger partial charge in [0.1, 0.15) is 11.4 Å². The highest BCUT2D eigenvalue weighted by Gasteiger charge is 2.15. The van der Waals surface area contributed by atoms with Crippen LogP contribution in [0.5, 0.6) is 5.75 Å². The number of rotatable bonds is 11. The lowest BCUT2D eigenvalue weighted by atomic mass is 10.1. The third-order valence-electron chi connectivity index (χ3n) is 5.33. The number of pyridine rings is 1. The van der Waals surface area contributed by atoms with E-state index in [1.54, 1.807) is 0 Å². The summed E-state index contributed by atoms with van der Waals surface area (Å²) in [5.74, 6) is 0.934. The predicted octanol–water partition coefficient (Wildman–Crippen LogP) is 6.51. The molecule has 0 saturated carbocycles. The topological polar surface area (TPSA) is 29.8 Å². The first kappa shape index (κ1) is 21.2. The molecule has 29 heavy (non-hydrogen) atoms. The molecule has 1 aromatic carbocycles. The standard InChI is InChI=1S/C25H35N3O/c1-5-8-15-27(16-9-6-2)21-13-14-22(24(18-21)29-17-7-3)23-19-28-20(4)11-10-12-25(28)26-23/h10-14,18-19H,5-9,15-17H2,1-4H3. The molecular weight excluding hydrogens is 358 g/mol. The summed E-state index contributed by atoms with van der Waals surface area (Å²) in [5.41, 5.74) is 5.43. The summed E-state index contributed by atoms with van der Waals surface area (Å²) in [7, 11) is 0. The number of imidazole rings is 1. The number of nitrogens with zero attached hydrogens (tertiary/aromatic N) is 3. The predicted molar refractivity (Wildman–Crippen MR) is 123 cm³/mol. The van der Waals surface area contributed by atoms with Gasteiger partial charge in [0.15, 0.2) is 0 Å². The Bertz CT molecular complexity index is 908. The highest BCUT2D eigenvalue weighted by atomic mass is 16.5. The van der Waals surface area contributed by atoms with E-state index < -0.39 is 0 Å². The van der Waals surface area contributed by atoms with Gasteiger partial charge in [-0.1, -0.05) is 39.7 Å². The molecule has 0 atom stereocenters. The van der Waals surface area contributed by atoms with Crippen molar-refractivity contribution in [1.29, 1.82) is 0 Å². The maximum Gasteiger partial charge on any atom is 0.137 e. The monoisotopic (exact) mass is 393 g/mol. The van der Waals surface area contributed by atoms with E-state index in [-0.39, 0.29) is 0 Å². The first-order chi connectivity index (χ1) is 14.2. The Morgan fingerprint density at radius 1 is 0.966 bits per heavy atom. The molecule has 0 N–H and O–H groups in total. The summed E-state index contributed by atoms with van der Waals surface area (Å²) < 4.78 is 8.33. The lowest BCUT2D eigenvalue weighted by Gasteiger charge is -2.26. The molecule has 0 aliphatic heterocycles. The van der Waals surface area contributed by atoms with Gasteiger partial charge in [-0.05, 0) is 50.5 Å². The Morgan fingerprint density at radius 2 is 1.72 bits per heavy atom. The number of hydrogen-bond donors (Lipinski definition) is 0. The molecule has 0 aliphatic rings. The molecule has 0 fully saturated rings. The molecule has 0 radical (unpaired) electrons. The molecule has 0 bridgehead atoms. The summed E-state index contributed by atoms with van der Waals surface area (Å²) in [6, 6.07) is 12.8. The molecule has 4 nitrogen and oxygen atoms in total. The van der Waals surface area contributed by atoms with Gasteiger partial charge in [0.25, 0.3) is 0 Å². The third-order valence-corrected chi connectivity index (χ3v) is 5.33. The summed E-state index contributed by atoms with van der Waals surface area (Å²) in [6.07, 6.45) is 7.94. The molecule has 156 valence electrons. The van der Waals surface area contributed by atoms with Gasteiger partial charge in [-0.3, -0.25) is 0 Å². The number of hydrogen-bond acceptors (Lipinski definition) is 3. The molecule has 0 amide bonds. The minimum atomic E-state index is 0.715. The van der Waals surface area contributed by atoms with Crippen LogP contribution in [0.2, 0.25) is 0 Å². The Balaban J connectivity index is 1.98. The van der Waals surface area contributed by atoms with Crippen LogP contribution in [0.1, 0.15) is 58.6 Å². The smallest absolute Gasteiger partial charge is 0.137 e. The number of fused-ring (bicyclic) bond motifs is 1. The van der Waals surface area contributed by atoms with Crippen LogP contribution < -0.4 is 9.64 Å². The maximum absolute atomic E-state index is 6.19. The molecule has 0 saturated heterocycles. The van der Waals surface area contributed by atoms with Gasteiger partial charge >= 0.3 is 0 Å². The fraction of sp³-hybridized carbons (Fsp3) is 0.480. The first-order valence-electron chi connectivity index (χ1n) is 11.1. The van der Waals surface area contributed by atoms with Gasteiger partial charge in [-0.15, -0.1) is 0 Å². The van der Waals surface area contributed by atoms with Crippen molar-refractivity contribution in [2.24, 2.45) is 0 Å². The second-order valence-electron chi connectivity index (χ2n) is 7.74. The quantitative estimate of drug-likeness (QED) is 0.372. The van der Waals surface area contributed by atoms with Gasteiger partial charge in [0.2, 0.25) is 0 Å². The van der Waals surface area contributed by atoms with E-state index >= 15 is 0 Å². The minimum Gasteiger partial charge on any atom is -0.493 e. The molecule has 2 heterocycles. The second kappa shape index (κ2) is 10.3. The van der Waals surface area contributed by atoms with E-state index in [9.17, 15) is 0 Å². The fourth-order valence-electron chi connectivity index (χ4n) is 3.60. The van der Waals surface area contributed by atoms with Crippen molar-refractivity contribution in [3.05, 3.63) is 48.3 Å². The van der Waals surface area contributed by atoms with Crippen LogP contribution in [-0.2, 0) is 0 Å². The zero-order valence-corrected chi connectivity index (χ0v) is 18.4. The molecule has 2 aromatic heterocycles. The molecule has 0 spiro atoms. The molecule has 3 rings (SSSR count). The van der Waals surface area contributed by atoms with E-state index in [4.69, 9.17) is 9.72 Å². The van der Waals surface area contributed by atoms with Crippen molar-refractivity contribution in [3.63, 3.8) is 0 Å². The van der Waals surface area contributed by atoms with Crippen LogP contribution in [-0.4, -0.2) is 29.1 Å². The van der Waals surface area contributed by atoms with Gasteiger partial charge < -0.3 is 14.0 Å². The van der Waals surface area contributed by atoms with Crippen LogP contribution in [0.3, 0.4) is 0 Å². The van der Waals surface area contributed by atoms with Crippen LogP contribution in [0.15, 0.2) is 42.6 Å². The highest BCUT2D eigenvalue weighted by molar-refractivity contribution is 5.73. The Morgan fingerprint density at radius 3 is 2.38 bits per heavy atom. The number of aromatic nitrogens is 2. The first-order valence-corrected chi connectivity index (χ1v) is 11.1. The SMILES string of the molecule is CCCCN(CCCC)c1ccc(-c2cn3c(C)cccc3n2)c(OCCC)c1. The van der Waals surface area contributed by atoms with Gasteiger partial charge in [0, 0.05) is 42.3 Å². The molecule has 0 aliphatic carbocycles. The zero-order chi connectivity index (χ0) is 20.6. The minimum absolute atomic E-state index is 0.715. The average Bonchev–Trinajstić information content (AvgIpc) is 3.18. The lowest BCUT2D eigenvalue weighted by molar-refractivity contribution is 0.318. The van der Waals surface area contributed by atoms with Crippen LogP contribution in [0.25, 0.3) is 16.9 Å². The molecule has 3 aromatic rings. The third kappa shape index (κ3) is 5.11. The van der Waals surface area contributed by atoms with E-state index in [0.717, 1.165) is 42.2 Å².